The number of pyridine rings is 1. The monoisotopic (exact) mass is 473 g/mol. The van der Waals surface area contributed by atoms with Gasteiger partial charge in [0.25, 0.3) is 5.91 Å². The number of hydrogen-bond acceptors (Lipinski definition) is 7. The largest absolute Gasteiger partial charge is 0.491 e. The average Bonchev–Trinajstić information content (AvgIpc) is 2.85. The fraction of sp³-hybridized carbons (Fsp3) is 0.192. The van der Waals surface area contributed by atoms with Crippen LogP contribution in [-0.4, -0.2) is 31.9 Å². The highest BCUT2D eigenvalue weighted by atomic mass is 19.1. The van der Waals surface area contributed by atoms with E-state index in [9.17, 15) is 9.18 Å². The molecule has 0 aliphatic heterocycles. The summed E-state index contributed by atoms with van der Waals surface area (Å²) in [6.07, 6.45) is 3.62. The molecule has 0 aliphatic rings. The maximum Gasteiger partial charge on any atom is 0.258 e. The van der Waals surface area contributed by atoms with Gasteiger partial charge in [-0.15, -0.1) is 0 Å². The fourth-order valence-corrected chi connectivity index (χ4v) is 3.24. The predicted molar refractivity (Wildman–Crippen MR) is 129 cm³/mol. The zero-order valence-corrected chi connectivity index (χ0v) is 19.5. The van der Waals surface area contributed by atoms with Gasteiger partial charge in [0.2, 0.25) is 5.88 Å². The summed E-state index contributed by atoms with van der Waals surface area (Å²) in [4.78, 5) is 29.9. The zero-order valence-electron chi connectivity index (χ0n) is 19.5. The Hall–Kier alpha value is -4.40. The number of benzene rings is 2. The summed E-state index contributed by atoms with van der Waals surface area (Å²) in [7, 11) is 0. The van der Waals surface area contributed by atoms with Gasteiger partial charge < -0.3 is 14.8 Å². The maximum absolute atomic E-state index is 14.6. The van der Waals surface area contributed by atoms with Crippen LogP contribution in [0.15, 0.2) is 67.1 Å². The molecule has 2 aromatic heterocycles. The molecule has 35 heavy (non-hydrogen) atoms. The van der Waals surface area contributed by atoms with Crippen LogP contribution in [0, 0.1) is 5.82 Å². The van der Waals surface area contributed by atoms with E-state index in [1.807, 2.05) is 20.8 Å². The Kier molecular flexibility index (Phi) is 7.25. The zero-order chi connectivity index (χ0) is 24.8. The molecule has 1 amide bonds. The van der Waals surface area contributed by atoms with Crippen LogP contribution in [0.1, 0.15) is 37.0 Å². The minimum atomic E-state index is -0.685. The molecule has 178 valence electrons. The molecule has 0 radical (unpaired) electrons. The van der Waals surface area contributed by atoms with Crippen molar-refractivity contribution in [3.05, 3.63) is 84.3 Å². The molecule has 0 aliphatic carbocycles. The maximum atomic E-state index is 14.6. The molecule has 0 spiro atoms. The molecule has 4 aromatic rings. The van der Waals surface area contributed by atoms with Gasteiger partial charge in [-0.25, -0.2) is 24.3 Å². The Morgan fingerprint density at radius 1 is 1.03 bits per heavy atom. The van der Waals surface area contributed by atoms with E-state index >= 15 is 0 Å². The van der Waals surface area contributed by atoms with E-state index in [0.717, 1.165) is 0 Å². The molecule has 0 bridgehead atoms. The third-order valence-electron chi connectivity index (χ3n) is 4.81. The Morgan fingerprint density at radius 2 is 1.89 bits per heavy atom. The molecule has 4 rings (SSSR count). The Bertz CT molecular complexity index is 1350. The summed E-state index contributed by atoms with van der Waals surface area (Å²) >= 11 is 0. The van der Waals surface area contributed by atoms with E-state index in [-0.39, 0.29) is 23.3 Å². The lowest BCUT2D eigenvalue weighted by molar-refractivity contribution is 0.102. The quantitative estimate of drug-likeness (QED) is 0.362. The lowest BCUT2D eigenvalue weighted by atomic mass is 10.1. The second-order valence-corrected chi connectivity index (χ2v) is 7.83. The van der Waals surface area contributed by atoms with Gasteiger partial charge in [-0.05, 0) is 56.3 Å². The standard InChI is InChI=1S/C26H24FN5O3/c1-4-23-29-15-30-24(32-23)20-9-6-12-28-26(20)35-19-10-11-22(27)21(14-19)25(33)31-17-7-5-8-18(13-17)34-16(2)3/h5-16H,4H2,1-3H3,(H,31,33). The van der Waals surface area contributed by atoms with Crippen LogP contribution < -0.4 is 14.8 Å². The molecule has 0 fully saturated rings. The van der Waals surface area contributed by atoms with Crippen LogP contribution in [0.3, 0.4) is 0 Å². The van der Waals surface area contributed by atoms with Crippen molar-refractivity contribution in [2.24, 2.45) is 0 Å². The van der Waals surface area contributed by atoms with E-state index in [2.05, 4.69) is 25.3 Å². The minimum Gasteiger partial charge on any atom is -0.491 e. The summed E-state index contributed by atoms with van der Waals surface area (Å²) in [5.74, 6) is 0.784. The molecule has 9 heteroatoms. The highest BCUT2D eigenvalue weighted by Crippen LogP contribution is 2.30. The van der Waals surface area contributed by atoms with Crippen LogP contribution in [0.4, 0.5) is 10.1 Å². The number of aryl methyl sites for hydroxylation is 1. The van der Waals surface area contributed by atoms with Gasteiger partial charge in [0.15, 0.2) is 5.82 Å². The second-order valence-electron chi connectivity index (χ2n) is 7.83. The Labute approximate surface area is 202 Å². The summed E-state index contributed by atoms with van der Waals surface area (Å²) in [5, 5.41) is 2.70. The SMILES string of the molecule is CCc1ncnc(-c2cccnc2Oc2ccc(F)c(C(=O)Nc3cccc(OC(C)C)c3)c2)n1. The third kappa shape index (κ3) is 5.94. The molecule has 0 saturated carbocycles. The van der Waals surface area contributed by atoms with Gasteiger partial charge in [0.1, 0.15) is 29.5 Å². The average molecular weight is 474 g/mol. The number of hydrogen-bond donors (Lipinski definition) is 1. The Morgan fingerprint density at radius 3 is 2.69 bits per heavy atom. The number of rotatable bonds is 8. The first-order valence-electron chi connectivity index (χ1n) is 11.1. The van der Waals surface area contributed by atoms with Crippen molar-refractivity contribution in [2.75, 3.05) is 5.32 Å². The van der Waals surface area contributed by atoms with Crippen molar-refractivity contribution in [2.45, 2.75) is 33.3 Å². The van der Waals surface area contributed by atoms with E-state index in [0.29, 0.717) is 35.1 Å². The summed E-state index contributed by atoms with van der Waals surface area (Å²) < 4.78 is 26.1. The topological polar surface area (TPSA) is 99.1 Å². The number of carbonyl (C=O) groups is 1. The van der Waals surface area contributed by atoms with Crippen LogP contribution >= 0.6 is 0 Å². The molecule has 0 saturated heterocycles. The number of anilines is 1. The van der Waals surface area contributed by atoms with Crippen molar-refractivity contribution in [3.63, 3.8) is 0 Å². The normalized spacial score (nSPS) is 10.8. The molecule has 2 heterocycles. The van der Waals surface area contributed by atoms with Crippen LogP contribution in [-0.2, 0) is 6.42 Å². The molecule has 8 nitrogen and oxygen atoms in total. The molecule has 0 atom stereocenters. The predicted octanol–water partition coefficient (Wildman–Crippen LogP) is 5.47. The lowest BCUT2D eigenvalue weighted by Gasteiger charge is -2.13. The molecule has 2 aromatic carbocycles. The number of carbonyl (C=O) groups excluding carboxylic acids is 1. The number of ether oxygens (including phenoxy) is 2. The van der Waals surface area contributed by atoms with Crippen molar-refractivity contribution < 1.29 is 18.7 Å². The Balaban J connectivity index is 1.57. The second kappa shape index (κ2) is 10.7. The van der Waals surface area contributed by atoms with Crippen molar-refractivity contribution in [3.8, 4) is 28.8 Å². The third-order valence-corrected chi connectivity index (χ3v) is 4.81. The highest BCUT2D eigenvalue weighted by Gasteiger charge is 2.17. The molecule has 0 unspecified atom stereocenters. The lowest BCUT2D eigenvalue weighted by Crippen LogP contribution is -2.14. The van der Waals surface area contributed by atoms with Crippen molar-refractivity contribution >= 4 is 11.6 Å². The first-order chi connectivity index (χ1) is 16.9. The van der Waals surface area contributed by atoms with Crippen molar-refractivity contribution in [1.82, 2.24) is 19.9 Å². The first-order valence-corrected chi connectivity index (χ1v) is 11.1. The van der Waals surface area contributed by atoms with E-state index in [4.69, 9.17) is 9.47 Å². The van der Waals surface area contributed by atoms with Gasteiger partial charge in [0.05, 0.1) is 17.2 Å². The van der Waals surface area contributed by atoms with Gasteiger partial charge in [-0.3, -0.25) is 4.79 Å². The number of aromatic nitrogens is 4. The molecule has 1 N–H and O–H groups in total. The van der Waals surface area contributed by atoms with E-state index < -0.39 is 11.7 Å². The number of amides is 1. The summed E-state index contributed by atoms with van der Waals surface area (Å²) in [6, 6.07) is 14.3. The van der Waals surface area contributed by atoms with E-state index in [1.165, 1.54) is 24.5 Å². The number of nitrogens with zero attached hydrogens (tertiary/aromatic N) is 4. The first kappa shape index (κ1) is 23.7. The van der Waals surface area contributed by atoms with Gasteiger partial charge in [-0.1, -0.05) is 13.0 Å². The van der Waals surface area contributed by atoms with Crippen LogP contribution in [0.2, 0.25) is 0 Å². The van der Waals surface area contributed by atoms with Crippen LogP contribution in [0.5, 0.6) is 17.4 Å². The number of nitrogens with one attached hydrogen (secondary N) is 1. The minimum absolute atomic E-state index is 0.0187. The summed E-state index contributed by atoms with van der Waals surface area (Å²) in [6.45, 7) is 5.75. The van der Waals surface area contributed by atoms with Gasteiger partial charge in [-0.2, -0.15) is 0 Å². The smallest absolute Gasteiger partial charge is 0.258 e. The molecular weight excluding hydrogens is 449 g/mol. The van der Waals surface area contributed by atoms with Gasteiger partial charge in [0, 0.05) is 24.4 Å². The van der Waals surface area contributed by atoms with Crippen LogP contribution in [0.25, 0.3) is 11.4 Å². The van der Waals surface area contributed by atoms with Crippen molar-refractivity contribution in [1.29, 1.82) is 0 Å². The summed E-state index contributed by atoms with van der Waals surface area (Å²) in [5.41, 5.74) is 0.845. The molecular formula is C26H24FN5O3. The van der Waals surface area contributed by atoms with E-state index in [1.54, 1.807) is 42.6 Å². The highest BCUT2D eigenvalue weighted by molar-refractivity contribution is 6.04. The fourth-order valence-electron chi connectivity index (χ4n) is 3.24. The number of halogens is 1. The van der Waals surface area contributed by atoms with Gasteiger partial charge >= 0.3 is 0 Å².